The number of amides is 1. The van der Waals surface area contributed by atoms with E-state index in [2.05, 4.69) is 16.7 Å². The molecule has 2 rings (SSSR count). The predicted molar refractivity (Wildman–Crippen MR) is 69.4 cm³/mol. The fraction of sp³-hybridized carbons (Fsp3) is 0.583. The molecule has 5 nitrogen and oxygen atoms in total. The Labute approximate surface area is 110 Å². The minimum absolute atomic E-state index is 0.0779. The minimum Gasteiger partial charge on any atom is -0.389 e. The molecular formula is C12H18N2O3S. The van der Waals surface area contributed by atoms with E-state index in [0.717, 1.165) is 6.54 Å². The zero-order valence-corrected chi connectivity index (χ0v) is 11.1. The molecule has 2 heterocycles. The fourth-order valence-corrected chi connectivity index (χ4v) is 2.59. The lowest BCUT2D eigenvalue weighted by Crippen LogP contribution is -2.44. The highest BCUT2D eigenvalue weighted by Crippen LogP contribution is 2.15. The van der Waals surface area contributed by atoms with Crippen LogP contribution >= 0.6 is 11.3 Å². The lowest BCUT2D eigenvalue weighted by molar-refractivity contribution is -0.119. The van der Waals surface area contributed by atoms with Crippen LogP contribution in [0, 0.1) is 0 Å². The molecule has 0 bridgehead atoms. The van der Waals surface area contributed by atoms with Crippen molar-refractivity contribution < 1.29 is 14.6 Å². The molecule has 1 amide bonds. The molecule has 1 aromatic rings. The number of thiophene rings is 1. The minimum atomic E-state index is -0.586. The Morgan fingerprint density at radius 1 is 1.67 bits per heavy atom. The Hall–Kier alpha value is -0.950. The molecular weight excluding hydrogens is 252 g/mol. The zero-order chi connectivity index (χ0) is 13.0. The van der Waals surface area contributed by atoms with Crippen LogP contribution in [-0.2, 0) is 16.1 Å². The van der Waals surface area contributed by atoms with Crippen molar-refractivity contribution in [1.29, 1.82) is 0 Å². The topological polar surface area (TPSA) is 70.6 Å². The maximum atomic E-state index is 10.8. The summed E-state index contributed by atoms with van der Waals surface area (Å²) >= 11 is 1.68. The Balaban J connectivity index is 1.76. The highest BCUT2D eigenvalue weighted by molar-refractivity contribution is 7.09. The van der Waals surface area contributed by atoms with E-state index in [1.807, 2.05) is 11.4 Å². The highest BCUT2D eigenvalue weighted by atomic mass is 32.1. The van der Waals surface area contributed by atoms with Gasteiger partial charge in [0.05, 0.1) is 18.8 Å². The third-order valence-corrected chi connectivity index (χ3v) is 3.83. The van der Waals surface area contributed by atoms with E-state index >= 15 is 0 Å². The predicted octanol–water partition coefficient (Wildman–Crippen LogP) is 0.102. The lowest BCUT2D eigenvalue weighted by Gasteiger charge is -2.18. The molecule has 1 saturated heterocycles. The molecule has 1 aliphatic heterocycles. The van der Waals surface area contributed by atoms with Gasteiger partial charge in [-0.2, -0.15) is 0 Å². The molecule has 6 heteroatoms. The average Bonchev–Trinajstić information content (AvgIpc) is 2.94. The first kappa shape index (κ1) is 13.5. The molecule has 1 aliphatic rings. The fourth-order valence-electron chi connectivity index (χ4n) is 1.93. The summed E-state index contributed by atoms with van der Waals surface area (Å²) in [5.74, 6) is -0.110. The second kappa shape index (κ2) is 6.29. The van der Waals surface area contributed by atoms with E-state index in [4.69, 9.17) is 4.74 Å². The molecule has 3 unspecified atom stereocenters. The number of ether oxygens (including phenoxy) is 1. The number of aliphatic hydroxyl groups is 1. The van der Waals surface area contributed by atoms with Crippen LogP contribution in [0.25, 0.3) is 0 Å². The normalized spacial score (nSPS) is 27.3. The molecule has 100 valence electrons. The standard InChI is InChI=1S/C12H18N2O3S/c1-8(15)13-6-11-12(16)10(7-17-11)14-5-9-3-2-4-18-9/h2-4,10-12,14,16H,5-7H2,1H3,(H,13,15). The number of carbonyl (C=O) groups is 1. The number of carbonyl (C=O) groups excluding carboxylic acids is 1. The van der Waals surface area contributed by atoms with Gasteiger partial charge in [0.25, 0.3) is 0 Å². The van der Waals surface area contributed by atoms with E-state index in [1.54, 1.807) is 11.3 Å². The van der Waals surface area contributed by atoms with Gasteiger partial charge in [0.1, 0.15) is 6.10 Å². The summed E-state index contributed by atoms with van der Waals surface area (Å²) in [4.78, 5) is 12.0. The van der Waals surface area contributed by atoms with Gasteiger partial charge in [-0.05, 0) is 11.4 Å². The van der Waals surface area contributed by atoms with Crippen molar-refractivity contribution in [2.45, 2.75) is 31.7 Å². The van der Waals surface area contributed by atoms with Gasteiger partial charge in [-0.15, -0.1) is 11.3 Å². The number of nitrogens with one attached hydrogen (secondary N) is 2. The van der Waals surface area contributed by atoms with E-state index in [-0.39, 0.29) is 18.1 Å². The smallest absolute Gasteiger partial charge is 0.216 e. The van der Waals surface area contributed by atoms with E-state index < -0.39 is 6.10 Å². The number of aliphatic hydroxyl groups excluding tert-OH is 1. The van der Waals surface area contributed by atoms with Crippen molar-refractivity contribution in [3.05, 3.63) is 22.4 Å². The molecule has 0 radical (unpaired) electrons. The van der Waals surface area contributed by atoms with Crippen molar-refractivity contribution >= 4 is 17.2 Å². The molecule has 3 atom stereocenters. The Morgan fingerprint density at radius 2 is 2.50 bits per heavy atom. The average molecular weight is 270 g/mol. The molecule has 0 saturated carbocycles. The van der Waals surface area contributed by atoms with Crippen LogP contribution in [0.3, 0.4) is 0 Å². The van der Waals surface area contributed by atoms with E-state index in [1.165, 1.54) is 11.8 Å². The second-order valence-corrected chi connectivity index (χ2v) is 5.40. The Morgan fingerprint density at radius 3 is 3.17 bits per heavy atom. The van der Waals surface area contributed by atoms with E-state index in [0.29, 0.717) is 13.2 Å². The molecule has 0 spiro atoms. The summed E-state index contributed by atoms with van der Waals surface area (Å²) < 4.78 is 5.47. The van der Waals surface area contributed by atoms with Crippen LogP contribution in [-0.4, -0.2) is 42.4 Å². The maximum Gasteiger partial charge on any atom is 0.216 e. The summed E-state index contributed by atoms with van der Waals surface area (Å²) in [5.41, 5.74) is 0. The number of hydrogen-bond donors (Lipinski definition) is 3. The van der Waals surface area contributed by atoms with Crippen LogP contribution in [0.15, 0.2) is 17.5 Å². The van der Waals surface area contributed by atoms with E-state index in [9.17, 15) is 9.90 Å². The van der Waals surface area contributed by atoms with Crippen molar-refractivity contribution in [2.24, 2.45) is 0 Å². The van der Waals surface area contributed by atoms with Crippen LogP contribution in [0.5, 0.6) is 0 Å². The Bertz CT molecular complexity index is 383. The van der Waals surface area contributed by atoms with Crippen LogP contribution in [0.2, 0.25) is 0 Å². The first-order chi connectivity index (χ1) is 8.66. The van der Waals surface area contributed by atoms with Crippen LogP contribution in [0.1, 0.15) is 11.8 Å². The number of hydrogen-bond acceptors (Lipinski definition) is 5. The van der Waals surface area contributed by atoms with Crippen LogP contribution in [0.4, 0.5) is 0 Å². The molecule has 18 heavy (non-hydrogen) atoms. The van der Waals surface area contributed by atoms with Crippen molar-refractivity contribution in [3.8, 4) is 0 Å². The molecule has 0 aromatic carbocycles. The van der Waals surface area contributed by atoms with Gasteiger partial charge in [-0.25, -0.2) is 0 Å². The van der Waals surface area contributed by atoms with Gasteiger partial charge in [0, 0.05) is 24.9 Å². The monoisotopic (exact) mass is 270 g/mol. The molecule has 1 aromatic heterocycles. The summed E-state index contributed by atoms with van der Waals surface area (Å²) in [7, 11) is 0. The number of rotatable bonds is 5. The largest absolute Gasteiger partial charge is 0.389 e. The van der Waals surface area contributed by atoms with Gasteiger partial charge in [-0.3, -0.25) is 4.79 Å². The van der Waals surface area contributed by atoms with Crippen LogP contribution < -0.4 is 10.6 Å². The quantitative estimate of drug-likeness (QED) is 0.710. The van der Waals surface area contributed by atoms with Gasteiger partial charge in [-0.1, -0.05) is 6.07 Å². The molecule has 3 N–H and O–H groups in total. The zero-order valence-electron chi connectivity index (χ0n) is 10.3. The van der Waals surface area contributed by atoms with Gasteiger partial charge in [0.15, 0.2) is 0 Å². The third kappa shape index (κ3) is 3.52. The van der Waals surface area contributed by atoms with Gasteiger partial charge >= 0.3 is 0 Å². The SMILES string of the molecule is CC(=O)NCC1OCC(NCc2cccs2)C1O. The van der Waals surface area contributed by atoms with Crippen molar-refractivity contribution in [2.75, 3.05) is 13.2 Å². The Kier molecular flexibility index (Phi) is 4.71. The first-order valence-electron chi connectivity index (χ1n) is 5.96. The summed E-state index contributed by atoms with van der Waals surface area (Å²) in [5, 5.41) is 18.0. The summed E-state index contributed by atoms with van der Waals surface area (Å²) in [6, 6.07) is 3.98. The second-order valence-electron chi connectivity index (χ2n) is 4.37. The summed E-state index contributed by atoms with van der Waals surface area (Å²) in [6.45, 7) is 3.01. The summed E-state index contributed by atoms with van der Waals surface area (Å²) in [6.07, 6.45) is -0.911. The molecule has 0 aliphatic carbocycles. The van der Waals surface area contributed by atoms with Gasteiger partial charge in [0.2, 0.25) is 5.91 Å². The maximum absolute atomic E-state index is 10.8. The highest BCUT2D eigenvalue weighted by Gasteiger charge is 2.35. The third-order valence-electron chi connectivity index (χ3n) is 2.95. The lowest BCUT2D eigenvalue weighted by atomic mass is 10.1. The van der Waals surface area contributed by atoms with Crippen molar-refractivity contribution in [1.82, 2.24) is 10.6 Å². The first-order valence-corrected chi connectivity index (χ1v) is 6.84. The van der Waals surface area contributed by atoms with Crippen molar-refractivity contribution in [3.63, 3.8) is 0 Å². The molecule has 1 fully saturated rings. The van der Waals surface area contributed by atoms with Gasteiger partial charge < -0.3 is 20.5 Å².